The average Bonchev–Trinajstić information content (AvgIpc) is 2.69. The third kappa shape index (κ3) is 1.54. The summed E-state index contributed by atoms with van der Waals surface area (Å²) in [6.07, 6.45) is 2.29. The molecular weight excluding hydrogens is 178 g/mol. The van der Waals surface area contributed by atoms with Gasteiger partial charge in [-0.25, -0.2) is 0 Å². The van der Waals surface area contributed by atoms with E-state index in [1.807, 2.05) is 0 Å². The number of rotatable bonds is 3. The van der Waals surface area contributed by atoms with E-state index in [4.69, 9.17) is 10.3 Å². The van der Waals surface area contributed by atoms with Gasteiger partial charge in [0.2, 0.25) is 5.89 Å². The molecule has 2 rings (SSSR count). The van der Waals surface area contributed by atoms with Gasteiger partial charge in [0.25, 0.3) is 0 Å². The molecule has 0 amide bonds. The van der Waals surface area contributed by atoms with Crippen molar-refractivity contribution in [2.75, 3.05) is 0 Å². The smallest absolute Gasteiger partial charge is 0.232 e. The van der Waals surface area contributed by atoms with E-state index in [2.05, 4.69) is 30.9 Å². The normalized spacial score (nSPS) is 21.2. The Labute approximate surface area is 83.9 Å². The topological polar surface area (TPSA) is 64.9 Å². The minimum Gasteiger partial charge on any atom is -0.339 e. The summed E-state index contributed by atoms with van der Waals surface area (Å²) in [4.78, 5) is 4.36. The van der Waals surface area contributed by atoms with E-state index in [9.17, 15) is 0 Å². The molecule has 0 spiro atoms. The van der Waals surface area contributed by atoms with E-state index in [1.54, 1.807) is 0 Å². The second-order valence-corrected chi connectivity index (χ2v) is 4.79. The van der Waals surface area contributed by atoms with Crippen molar-refractivity contribution in [3.8, 4) is 0 Å². The second kappa shape index (κ2) is 3.05. The summed E-state index contributed by atoms with van der Waals surface area (Å²) in [5, 5.41) is 3.93. The second-order valence-electron chi connectivity index (χ2n) is 4.79. The molecule has 1 aromatic heterocycles. The number of hydrogen-bond donors (Lipinski definition) is 1. The first-order valence-electron chi connectivity index (χ1n) is 5.12. The average molecular weight is 195 g/mol. The molecule has 1 atom stereocenters. The van der Waals surface area contributed by atoms with Gasteiger partial charge in [-0.3, -0.25) is 0 Å². The molecule has 1 aliphatic rings. The van der Waals surface area contributed by atoms with Crippen LogP contribution in [0.15, 0.2) is 4.52 Å². The Morgan fingerprint density at radius 3 is 2.57 bits per heavy atom. The fraction of sp³-hybridized carbons (Fsp3) is 0.800. The monoisotopic (exact) mass is 195 g/mol. The highest BCUT2D eigenvalue weighted by atomic mass is 16.5. The van der Waals surface area contributed by atoms with Gasteiger partial charge in [-0.05, 0) is 18.8 Å². The molecule has 0 radical (unpaired) electrons. The lowest BCUT2D eigenvalue weighted by atomic mass is 10.1. The van der Waals surface area contributed by atoms with E-state index in [0.717, 1.165) is 18.7 Å². The maximum atomic E-state index is 5.93. The van der Waals surface area contributed by atoms with Crippen molar-refractivity contribution in [2.24, 2.45) is 11.7 Å². The first kappa shape index (κ1) is 9.65. The summed E-state index contributed by atoms with van der Waals surface area (Å²) in [7, 11) is 0. The molecule has 78 valence electrons. The highest BCUT2D eigenvalue weighted by molar-refractivity contribution is 5.13. The maximum Gasteiger partial charge on any atom is 0.232 e. The SMILES string of the molecule is CC(C)C(N)c1noc(C2(C)CC2)n1. The molecule has 14 heavy (non-hydrogen) atoms. The molecule has 0 aliphatic heterocycles. The molecular formula is C10H17N3O. The Morgan fingerprint density at radius 2 is 2.07 bits per heavy atom. The Morgan fingerprint density at radius 1 is 1.43 bits per heavy atom. The summed E-state index contributed by atoms with van der Waals surface area (Å²) in [5.41, 5.74) is 6.07. The lowest BCUT2D eigenvalue weighted by Gasteiger charge is -2.09. The van der Waals surface area contributed by atoms with Gasteiger partial charge in [0, 0.05) is 5.41 Å². The standard InChI is InChI=1S/C10H17N3O/c1-6(2)7(11)8-12-9(14-13-8)10(3)4-5-10/h6-7H,4-5,11H2,1-3H3. The summed E-state index contributed by atoms with van der Waals surface area (Å²) >= 11 is 0. The minimum atomic E-state index is -0.116. The van der Waals surface area contributed by atoms with Crippen LogP contribution < -0.4 is 5.73 Å². The zero-order valence-corrected chi connectivity index (χ0v) is 8.95. The Balaban J connectivity index is 2.17. The van der Waals surface area contributed by atoms with Gasteiger partial charge in [0.1, 0.15) is 0 Å². The summed E-state index contributed by atoms with van der Waals surface area (Å²) in [6.45, 7) is 6.25. The van der Waals surface area contributed by atoms with E-state index >= 15 is 0 Å². The van der Waals surface area contributed by atoms with Crippen LogP contribution in [0, 0.1) is 5.92 Å². The van der Waals surface area contributed by atoms with Crippen LogP contribution in [-0.4, -0.2) is 10.1 Å². The van der Waals surface area contributed by atoms with E-state index < -0.39 is 0 Å². The lowest BCUT2D eigenvalue weighted by Crippen LogP contribution is -2.18. The van der Waals surface area contributed by atoms with Crippen molar-refractivity contribution in [1.82, 2.24) is 10.1 Å². The molecule has 1 aliphatic carbocycles. The van der Waals surface area contributed by atoms with Crippen LogP contribution in [-0.2, 0) is 5.41 Å². The van der Waals surface area contributed by atoms with Crippen LogP contribution in [0.2, 0.25) is 0 Å². The van der Waals surface area contributed by atoms with Crippen molar-refractivity contribution in [3.63, 3.8) is 0 Å². The van der Waals surface area contributed by atoms with Crippen LogP contribution >= 0.6 is 0 Å². The zero-order valence-electron chi connectivity index (χ0n) is 8.95. The third-order valence-electron chi connectivity index (χ3n) is 2.97. The highest BCUT2D eigenvalue weighted by Gasteiger charge is 2.44. The predicted molar refractivity (Wildman–Crippen MR) is 52.7 cm³/mol. The Hall–Kier alpha value is -0.900. The Bertz CT molecular complexity index is 328. The molecule has 1 heterocycles. The van der Waals surface area contributed by atoms with Gasteiger partial charge in [0.15, 0.2) is 5.82 Å². The van der Waals surface area contributed by atoms with Crippen LogP contribution in [0.25, 0.3) is 0 Å². The van der Waals surface area contributed by atoms with Crippen molar-refractivity contribution >= 4 is 0 Å². The first-order valence-corrected chi connectivity index (χ1v) is 5.12. The van der Waals surface area contributed by atoms with E-state index in [-0.39, 0.29) is 11.5 Å². The molecule has 4 nitrogen and oxygen atoms in total. The number of hydrogen-bond acceptors (Lipinski definition) is 4. The molecule has 1 unspecified atom stereocenters. The van der Waals surface area contributed by atoms with Gasteiger partial charge >= 0.3 is 0 Å². The van der Waals surface area contributed by atoms with Crippen LogP contribution in [0.1, 0.15) is 51.4 Å². The molecule has 1 saturated carbocycles. The molecule has 1 fully saturated rings. The van der Waals surface area contributed by atoms with Gasteiger partial charge in [-0.1, -0.05) is 25.9 Å². The van der Waals surface area contributed by atoms with Crippen molar-refractivity contribution < 1.29 is 4.52 Å². The first-order chi connectivity index (χ1) is 6.53. The molecule has 0 bridgehead atoms. The van der Waals surface area contributed by atoms with Crippen molar-refractivity contribution in [1.29, 1.82) is 0 Å². The molecule has 2 N–H and O–H groups in total. The van der Waals surface area contributed by atoms with Crippen molar-refractivity contribution in [2.45, 2.75) is 45.1 Å². The van der Waals surface area contributed by atoms with Gasteiger partial charge in [-0.2, -0.15) is 4.98 Å². The predicted octanol–water partition coefficient (Wildman–Crippen LogP) is 1.78. The summed E-state index contributed by atoms with van der Waals surface area (Å²) in [6, 6.07) is -0.116. The summed E-state index contributed by atoms with van der Waals surface area (Å²) < 4.78 is 5.22. The van der Waals surface area contributed by atoms with Gasteiger partial charge < -0.3 is 10.3 Å². The maximum absolute atomic E-state index is 5.93. The molecule has 0 aromatic carbocycles. The van der Waals surface area contributed by atoms with Crippen LogP contribution in [0.3, 0.4) is 0 Å². The van der Waals surface area contributed by atoms with E-state index in [1.165, 1.54) is 0 Å². The molecule has 0 saturated heterocycles. The number of nitrogens with zero attached hydrogens (tertiary/aromatic N) is 2. The molecule has 4 heteroatoms. The molecule has 1 aromatic rings. The van der Waals surface area contributed by atoms with Gasteiger partial charge in [0.05, 0.1) is 6.04 Å². The quantitative estimate of drug-likeness (QED) is 0.798. The summed E-state index contributed by atoms with van der Waals surface area (Å²) in [5.74, 6) is 1.74. The van der Waals surface area contributed by atoms with E-state index in [0.29, 0.717) is 11.7 Å². The Kier molecular flexibility index (Phi) is 2.10. The van der Waals surface area contributed by atoms with Crippen molar-refractivity contribution in [3.05, 3.63) is 11.7 Å². The number of nitrogens with two attached hydrogens (primary N) is 1. The van der Waals surface area contributed by atoms with Crippen LogP contribution in [0.5, 0.6) is 0 Å². The third-order valence-corrected chi connectivity index (χ3v) is 2.97. The lowest BCUT2D eigenvalue weighted by molar-refractivity contribution is 0.342. The fourth-order valence-electron chi connectivity index (χ4n) is 1.31. The highest BCUT2D eigenvalue weighted by Crippen LogP contribution is 2.46. The van der Waals surface area contributed by atoms with Gasteiger partial charge in [-0.15, -0.1) is 0 Å². The number of aromatic nitrogens is 2. The minimum absolute atomic E-state index is 0.116. The zero-order chi connectivity index (χ0) is 10.3. The fourth-order valence-corrected chi connectivity index (χ4v) is 1.31. The largest absolute Gasteiger partial charge is 0.339 e. The van der Waals surface area contributed by atoms with Crippen LogP contribution in [0.4, 0.5) is 0 Å².